The summed E-state index contributed by atoms with van der Waals surface area (Å²) in [5.41, 5.74) is 2.28. The highest BCUT2D eigenvalue weighted by atomic mass is 32.2. The first-order valence-corrected chi connectivity index (χ1v) is 10.5. The summed E-state index contributed by atoms with van der Waals surface area (Å²) in [7, 11) is -3.19. The minimum absolute atomic E-state index is 0.191. The molecule has 6 nitrogen and oxygen atoms in total. The molecule has 0 radical (unpaired) electrons. The topological polar surface area (TPSA) is 88.4 Å². The molecule has 2 aromatic carbocycles. The predicted octanol–water partition coefficient (Wildman–Crippen LogP) is 3.02. The van der Waals surface area contributed by atoms with Gasteiger partial charge in [0.25, 0.3) is 5.91 Å². The molecule has 3 rings (SSSR count). The van der Waals surface area contributed by atoms with Crippen LogP contribution in [-0.2, 0) is 16.4 Å². The first-order chi connectivity index (χ1) is 12.8. The minimum Gasteiger partial charge on any atom is -0.459 e. The fraction of sp³-hybridized carbons (Fsp3) is 0.250. The van der Waals surface area contributed by atoms with Gasteiger partial charge in [-0.1, -0.05) is 30.3 Å². The van der Waals surface area contributed by atoms with Gasteiger partial charge in [0, 0.05) is 17.5 Å². The standard InChI is InChI=1S/C20H22N2O4S/c1-14(19-13-17-5-3-4-6-18(17)26-19)22-20(23)16-9-7-15(8-10-16)11-12-21-27(2,24)25/h3-10,13-14,21H,11-12H2,1-2H3,(H,22,23)/t14-/m0/s1. The third kappa shape index (κ3) is 5.18. The summed E-state index contributed by atoms with van der Waals surface area (Å²) in [4.78, 5) is 12.5. The van der Waals surface area contributed by atoms with Crippen LogP contribution in [0.25, 0.3) is 11.0 Å². The molecule has 142 valence electrons. The van der Waals surface area contributed by atoms with Gasteiger partial charge < -0.3 is 9.73 Å². The summed E-state index contributed by atoms with van der Waals surface area (Å²) < 4.78 is 30.4. The Labute approximate surface area is 158 Å². The number of amides is 1. The van der Waals surface area contributed by atoms with Crippen molar-refractivity contribution in [3.63, 3.8) is 0 Å². The van der Waals surface area contributed by atoms with Gasteiger partial charge >= 0.3 is 0 Å². The monoisotopic (exact) mass is 386 g/mol. The number of carbonyl (C=O) groups is 1. The van der Waals surface area contributed by atoms with Crippen LogP contribution in [0.3, 0.4) is 0 Å². The maximum absolute atomic E-state index is 12.5. The van der Waals surface area contributed by atoms with Gasteiger partial charge in [-0.05, 0) is 43.2 Å². The van der Waals surface area contributed by atoms with Gasteiger partial charge in [0.1, 0.15) is 11.3 Å². The number of hydrogen-bond acceptors (Lipinski definition) is 4. The van der Waals surface area contributed by atoms with E-state index in [0.717, 1.165) is 22.8 Å². The number of carbonyl (C=O) groups excluding carboxylic acids is 1. The fourth-order valence-corrected chi connectivity index (χ4v) is 3.24. The molecular weight excluding hydrogens is 364 g/mol. The summed E-state index contributed by atoms with van der Waals surface area (Å²) >= 11 is 0. The van der Waals surface area contributed by atoms with E-state index in [4.69, 9.17) is 4.42 Å². The Bertz CT molecular complexity index is 1010. The van der Waals surface area contributed by atoms with Crippen molar-refractivity contribution in [1.82, 2.24) is 10.0 Å². The molecule has 0 spiro atoms. The minimum atomic E-state index is -3.19. The van der Waals surface area contributed by atoms with Crippen LogP contribution in [-0.4, -0.2) is 27.1 Å². The molecule has 27 heavy (non-hydrogen) atoms. The van der Waals surface area contributed by atoms with Crippen LogP contribution in [0.15, 0.2) is 59.0 Å². The number of nitrogens with one attached hydrogen (secondary N) is 2. The van der Waals surface area contributed by atoms with Crippen LogP contribution in [0.4, 0.5) is 0 Å². The van der Waals surface area contributed by atoms with E-state index in [2.05, 4.69) is 10.0 Å². The van der Waals surface area contributed by atoms with Gasteiger partial charge in [0.05, 0.1) is 12.3 Å². The Kier molecular flexibility index (Phi) is 5.62. The van der Waals surface area contributed by atoms with E-state index in [-0.39, 0.29) is 11.9 Å². The van der Waals surface area contributed by atoms with Crippen LogP contribution in [0.1, 0.15) is 34.6 Å². The van der Waals surface area contributed by atoms with Crippen LogP contribution < -0.4 is 10.0 Å². The number of fused-ring (bicyclic) bond motifs is 1. The summed E-state index contributed by atoms with van der Waals surface area (Å²) in [5.74, 6) is 0.511. The maximum Gasteiger partial charge on any atom is 0.251 e. The van der Waals surface area contributed by atoms with Gasteiger partial charge in [0.15, 0.2) is 0 Å². The molecule has 7 heteroatoms. The molecule has 0 aliphatic rings. The second-order valence-corrected chi connectivity index (χ2v) is 8.33. The first-order valence-electron chi connectivity index (χ1n) is 8.65. The molecular formula is C20H22N2O4S. The van der Waals surface area contributed by atoms with Crippen molar-refractivity contribution in [2.75, 3.05) is 12.8 Å². The average molecular weight is 386 g/mol. The molecule has 0 bridgehead atoms. The largest absolute Gasteiger partial charge is 0.459 e. The molecule has 0 saturated heterocycles. The molecule has 3 aromatic rings. The Morgan fingerprint density at radius 2 is 1.81 bits per heavy atom. The van der Waals surface area contributed by atoms with Crippen molar-refractivity contribution in [3.8, 4) is 0 Å². The summed E-state index contributed by atoms with van der Waals surface area (Å²) in [5, 5.41) is 3.93. The number of hydrogen-bond donors (Lipinski definition) is 2. The van der Waals surface area contributed by atoms with Crippen molar-refractivity contribution in [1.29, 1.82) is 0 Å². The number of benzene rings is 2. The van der Waals surface area contributed by atoms with Crippen LogP contribution in [0, 0.1) is 0 Å². The highest BCUT2D eigenvalue weighted by Gasteiger charge is 2.15. The highest BCUT2D eigenvalue weighted by molar-refractivity contribution is 7.88. The molecule has 0 aliphatic heterocycles. The maximum atomic E-state index is 12.5. The number of furan rings is 1. The van der Waals surface area contributed by atoms with E-state index in [9.17, 15) is 13.2 Å². The third-order valence-electron chi connectivity index (χ3n) is 4.21. The van der Waals surface area contributed by atoms with Crippen LogP contribution in [0.5, 0.6) is 0 Å². The summed E-state index contributed by atoms with van der Waals surface area (Å²) in [6.45, 7) is 2.20. The van der Waals surface area contributed by atoms with E-state index in [1.54, 1.807) is 12.1 Å². The number of sulfonamides is 1. The third-order valence-corrected chi connectivity index (χ3v) is 4.94. The Morgan fingerprint density at radius 1 is 1.11 bits per heavy atom. The van der Waals surface area contributed by atoms with Crippen molar-refractivity contribution in [2.24, 2.45) is 0 Å². The molecule has 1 atom stereocenters. The Hall–Kier alpha value is -2.64. The lowest BCUT2D eigenvalue weighted by Crippen LogP contribution is -2.26. The van der Waals surface area contributed by atoms with Gasteiger partial charge in [0.2, 0.25) is 10.0 Å². The predicted molar refractivity (Wildman–Crippen MR) is 105 cm³/mol. The van der Waals surface area contributed by atoms with Crippen molar-refractivity contribution < 1.29 is 17.6 Å². The molecule has 0 saturated carbocycles. The quantitative estimate of drug-likeness (QED) is 0.653. The molecule has 0 aliphatic carbocycles. The second kappa shape index (κ2) is 7.94. The first kappa shape index (κ1) is 19.1. The molecule has 1 heterocycles. The highest BCUT2D eigenvalue weighted by Crippen LogP contribution is 2.23. The molecule has 2 N–H and O–H groups in total. The van der Waals surface area contributed by atoms with E-state index in [0.29, 0.717) is 24.3 Å². The zero-order chi connectivity index (χ0) is 19.4. The zero-order valence-electron chi connectivity index (χ0n) is 15.2. The van der Waals surface area contributed by atoms with Gasteiger partial charge in [-0.15, -0.1) is 0 Å². The Balaban J connectivity index is 1.60. The van der Waals surface area contributed by atoms with E-state index in [1.807, 2.05) is 49.4 Å². The van der Waals surface area contributed by atoms with Crippen LogP contribution in [0.2, 0.25) is 0 Å². The molecule has 1 amide bonds. The van der Waals surface area contributed by atoms with Gasteiger partial charge in [-0.25, -0.2) is 13.1 Å². The van der Waals surface area contributed by atoms with E-state index in [1.165, 1.54) is 0 Å². The zero-order valence-corrected chi connectivity index (χ0v) is 16.0. The lowest BCUT2D eigenvalue weighted by atomic mass is 10.1. The lowest BCUT2D eigenvalue weighted by molar-refractivity contribution is 0.0935. The number of para-hydroxylation sites is 1. The fourth-order valence-electron chi connectivity index (χ4n) is 2.77. The van der Waals surface area contributed by atoms with Crippen molar-refractivity contribution in [3.05, 3.63) is 71.5 Å². The van der Waals surface area contributed by atoms with Gasteiger partial charge in [-0.3, -0.25) is 4.79 Å². The van der Waals surface area contributed by atoms with E-state index < -0.39 is 10.0 Å². The van der Waals surface area contributed by atoms with E-state index >= 15 is 0 Å². The number of rotatable bonds is 7. The second-order valence-electron chi connectivity index (χ2n) is 6.50. The molecule has 0 unspecified atom stereocenters. The average Bonchev–Trinajstić information content (AvgIpc) is 3.05. The van der Waals surface area contributed by atoms with Crippen LogP contribution >= 0.6 is 0 Å². The lowest BCUT2D eigenvalue weighted by Gasteiger charge is -2.12. The normalized spacial score (nSPS) is 12.8. The Morgan fingerprint density at radius 3 is 2.48 bits per heavy atom. The molecule has 1 aromatic heterocycles. The SMILES string of the molecule is C[C@H](NC(=O)c1ccc(CCNS(C)(=O)=O)cc1)c1cc2ccccc2o1. The van der Waals surface area contributed by atoms with Crippen molar-refractivity contribution >= 4 is 26.9 Å². The smallest absolute Gasteiger partial charge is 0.251 e. The van der Waals surface area contributed by atoms with Gasteiger partial charge in [-0.2, -0.15) is 0 Å². The van der Waals surface area contributed by atoms with Crippen molar-refractivity contribution in [2.45, 2.75) is 19.4 Å². The summed E-state index contributed by atoms with van der Waals surface area (Å²) in [6, 6.07) is 16.5. The molecule has 0 fully saturated rings. The summed E-state index contributed by atoms with van der Waals surface area (Å²) in [6.07, 6.45) is 1.69.